The third kappa shape index (κ3) is 1.25. The molecule has 1 atom stereocenters. The van der Waals surface area contributed by atoms with Gasteiger partial charge in [0, 0.05) is 24.8 Å². The number of hydrogen-bond donors (Lipinski definition) is 1. The molecule has 0 radical (unpaired) electrons. The van der Waals surface area contributed by atoms with Crippen LogP contribution >= 0.6 is 0 Å². The molecule has 1 unspecified atom stereocenters. The maximum atomic E-state index is 14.2. The Morgan fingerprint density at radius 2 is 2.36 bits per heavy atom. The van der Waals surface area contributed by atoms with E-state index in [0.717, 1.165) is 24.1 Å². The number of hydrogen-bond acceptors (Lipinski definition) is 2. The van der Waals surface area contributed by atoms with Gasteiger partial charge in [-0.3, -0.25) is 4.68 Å². The van der Waals surface area contributed by atoms with Crippen LogP contribution in [0.15, 0.2) is 0 Å². The van der Waals surface area contributed by atoms with Crippen molar-refractivity contribution in [2.45, 2.75) is 38.4 Å². The number of fused-ring (bicyclic) bond motifs is 1. The molecular formula is C10H16FN3. The molecule has 1 aromatic rings. The summed E-state index contributed by atoms with van der Waals surface area (Å²) in [4.78, 5) is 0. The van der Waals surface area contributed by atoms with Crippen molar-refractivity contribution in [3.8, 4) is 0 Å². The lowest BCUT2D eigenvalue weighted by Gasteiger charge is -2.26. The van der Waals surface area contributed by atoms with Crippen molar-refractivity contribution in [1.29, 1.82) is 0 Å². The second-order valence-corrected chi connectivity index (χ2v) is 4.15. The zero-order chi connectivity index (χ0) is 10.3. The molecule has 3 nitrogen and oxygen atoms in total. The third-order valence-corrected chi connectivity index (χ3v) is 3.01. The first-order valence-corrected chi connectivity index (χ1v) is 5.00. The van der Waals surface area contributed by atoms with Gasteiger partial charge in [-0.05, 0) is 26.2 Å². The summed E-state index contributed by atoms with van der Waals surface area (Å²) < 4.78 is 16.0. The van der Waals surface area contributed by atoms with Crippen molar-refractivity contribution < 1.29 is 4.39 Å². The van der Waals surface area contributed by atoms with E-state index >= 15 is 0 Å². The monoisotopic (exact) mass is 197 g/mol. The topological polar surface area (TPSA) is 43.8 Å². The first kappa shape index (κ1) is 9.65. The Hall–Kier alpha value is -0.900. The van der Waals surface area contributed by atoms with Gasteiger partial charge in [0.2, 0.25) is 0 Å². The molecule has 0 bridgehead atoms. The highest BCUT2D eigenvalue weighted by Gasteiger charge is 2.36. The highest BCUT2D eigenvalue weighted by molar-refractivity contribution is 5.34. The summed E-state index contributed by atoms with van der Waals surface area (Å²) in [7, 11) is 1.86. The van der Waals surface area contributed by atoms with Gasteiger partial charge in [0.1, 0.15) is 5.67 Å². The Morgan fingerprint density at radius 3 is 3.00 bits per heavy atom. The van der Waals surface area contributed by atoms with Crippen LogP contribution in [0.3, 0.4) is 0 Å². The number of aromatic nitrogens is 2. The van der Waals surface area contributed by atoms with Gasteiger partial charge in [0.25, 0.3) is 0 Å². The van der Waals surface area contributed by atoms with Crippen LogP contribution in [0.5, 0.6) is 0 Å². The molecule has 1 aromatic heterocycles. The number of rotatable bonds is 1. The van der Waals surface area contributed by atoms with E-state index in [1.54, 1.807) is 11.6 Å². The van der Waals surface area contributed by atoms with E-state index in [1.807, 2.05) is 7.05 Å². The van der Waals surface area contributed by atoms with Gasteiger partial charge in [-0.15, -0.1) is 0 Å². The van der Waals surface area contributed by atoms with Crippen LogP contribution in [-0.2, 0) is 25.7 Å². The van der Waals surface area contributed by atoms with Crippen molar-refractivity contribution in [2.24, 2.45) is 12.8 Å². The Morgan fingerprint density at radius 1 is 1.64 bits per heavy atom. The van der Waals surface area contributed by atoms with Crippen LogP contribution in [0.4, 0.5) is 4.39 Å². The molecule has 0 saturated heterocycles. The van der Waals surface area contributed by atoms with Crippen molar-refractivity contribution in [2.75, 3.05) is 0 Å². The summed E-state index contributed by atoms with van der Waals surface area (Å²) in [6.07, 6.45) is 2.39. The number of aryl methyl sites for hydroxylation is 1. The minimum atomic E-state index is -1.24. The van der Waals surface area contributed by atoms with Gasteiger partial charge < -0.3 is 5.73 Å². The summed E-state index contributed by atoms with van der Waals surface area (Å²) in [5.41, 5.74) is 6.80. The largest absolute Gasteiger partial charge is 0.325 e. The smallest absolute Gasteiger partial charge is 0.136 e. The Kier molecular flexibility index (Phi) is 2.10. The third-order valence-electron chi connectivity index (χ3n) is 3.01. The van der Waals surface area contributed by atoms with E-state index < -0.39 is 5.67 Å². The lowest BCUT2D eigenvalue weighted by molar-refractivity contribution is 0.160. The van der Waals surface area contributed by atoms with Crippen LogP contribution in [0.25, 0.3) is 0 Å². The van der Waals surface area contributed by atoms with Crippen LogP contribution in [0.1, 0.15) is 36.7 Å². The van der Waals surface area contributed by atoms with Gasteiger partial charge in [-0.1, -0.05) is 0 Å². The fraction of sp³-hybridized carbons (Fsp3) is 0.700. The SMILES string of the molecule is Cn1nc(CN)c2c1CCCC2(C)F. The standard InChI is InChI=1S/C10H16FN3/c1-10(11)5-3-4-8-9(10)7(6-12)13-14(8)2/h3-6,12H2,1-2H3. The Labute approximate surface area is 83.1 Å². The molecule has 0 aromatic carbocycles. The van der Waals surface area contributed by atoms with Gasteiger partial charge in [-0.2, -0.15) is 5.10 Å². The molecule has 0 fully saturated rings. The molecule has 0 saturated carbocycles. The average molecular weight is 197 g/mol. The van der Waals surface area contributed by atoms with E-state index in [0.29, 0.717) is 18.7 Å². The number of alkyl halides is 1. The summed E-state index contributed by atoms with van der Waals surface area (Å²) in [5.74, 6) is 0. The maximum absolute atomic E-state index is 14.2. The number of halogens is 1. The van der Waals surface area contributed by atoms with Crippen molar-refractivity contribution in [3.05, 3.63) is 17.0 Å². The minimum absolute atomic E-state index is 0.322. The molecule has 14 heavy (non-hydrogen) atoms. The molecule has 0 amide bonds. The van der Waals surface area contributed by atoms with Gasteiger partial charge in [0.15, 0.2) is 0 Å². The molecule has 4 heteroatoms. The lowest BCUT2D eigenvalue weighted by atomic mass is 9.84. The zero-order valence-corrected chi connectivity index (χ0v) is 8.68. The molecule has 2 rings (SSSR count). The van der Waals surface area contributed by atoms with Gasteiger partial charge >= 0.3 is 0 Å². The van der Waals surface area contributed by atoms with Crippen molar-refractivity contribution in [1.82, 2.24) is 9.78 Å². The summed E-state index contributed by atoms with van der Waals surface area (Å²) in [6, 6.07) is 0. The molecule has 2 N–H and O–H groups in total. The molecule has 1 heterocycles. The van der Waals surface area contributed by atoms with E-state index in [2.05, 4.69) is 5.10 Å². The Balaban J connectivity index is 2.60. The molecule has 78 valence electrons. The molecule has 1 aliphatic carbocycles. The fourth-order valence-corrected chi connectivity index (χ4v) is 2.36. The van der Waals surface area contributed by atoms with Crippen molar-refractivity contribution in [3.63, 3.8) is 0 Å². The number of nitrogens with two attached hydrogens (primary N) is 1. The molecular weight excluding hydrogens is 181 g/mol. The first-order chi connectivity index (χ1) is 6.56. The predicted octanol–water partition coefficient (Wildman–Crippen LogP) is 1.40. The van der Waals surface area contributed by atoms with Gasteiger partial charge in [-0.25, -0.2) is 4.39 Å². The van der Waals surface area contributed by atoms with Crippen LogP contribution < -0.4 is 5.73 Å². The number of nitrogens with zero attached hydrogens (tertiary/aromatic N) is 2. The summed E-state index contributed by atoms with van der Waals surface area (Å²) in [5, 5.41) is 4.26. The second-order valence-electron chi connectivity index (χ2n) is 4.15. The van der Waals surface area contributed by atoms with E-state index in [9.17, 15) is 4.39 Å². The molecule has 0 spiro atoms. The highest BCUT2D eigenvalue weighted by Crippen LogP contribution is 2.39. The van der Waals surface area contributed by atoms with Crippen LogP contribution in [0.2, 0.25) is 0 Å². The van der Waals surface area contributed by atoms with Crippen LogP contribution in [0, 0.1) is 0 Å². The summed E-state index contributed by atoms with van der Waals surface area (Å²) >= 11 is 0. The average Bonchev–Trinajstić information content (AvgIpc) is 2.44. The van der Waals surface area contributed by atoms with Crippen LogP contribution in [-0.4, -0.2) is 9.78 Å². The lowest BCUT2D eigenvalue weighted by Crippen LogP contribution is -2.24. The fourth-order valence-electron chi connectivity index (χ4n) is 2.36. The zero-order valence-electron chi connectivity index (χ0n) is 8.68. The van der Waals surface area contributed by atoms with E-state index in [4.69, 9.17) is 5.73 Å². The normalized spacial score (nSPS) is 26.3. The Bertz CT molecular complexity index is 354. The van der Waals surface area contributed by atoms with Crippen molar-refractivity contribution >= 4 is 0 Å². The predicted molar refractivity (Wildman–Crippen MR) is 52.5 cm³/mol. The quantitative estimate of drug-likeness (QED) is 0.739. The second kappa shape index (κ2) is 3.05. The first-order valence-electron chi connectivity index (χ1n) is 5.00. The van der Waals surface area contributed by atoms with E-state index in [1.165, 1.54) is 0 Å². The minimum Gasteiger partial charge on any atom is -0.325 e. The maximum Gasteiger partial charge on any atom is 0.136 e. The molecule has 1 aliphatic rings. The molecule has 0 aliphatic heterocycles. The highest BCUT2D eigenvalue weighted by atomic mass is 19.1. The summed E-state index contributed by atoms with van der Waals surface area (Å²) in [6.45, 7) is 1.95. The van der Waals surface area contributed by atoms with Gasteiger partial charge in [0.05, 0.1) is 5.69 Å². The van der Waals surface area contributed by atoms with E-state index in [-0.39, 0.29) is 0 Å².